The minimum atomic E-state index is -0.733. The summed E-state index contributed by atoms with van der Waals surface area (Å²) < 4.78 is 0. The normalized spacial score (nSPS) is 17.8. The third-order valence-electron chi connectivity index (χ3n) is 4.89. The lowest BCUT2D eigenvalue weighted by molar-refractivity contribution is -0.128. The number of rotatable bonds is 2. The van der Waals surface area contributed by atoms with Crippen LogP contribution in [0.25, 0.3) is 11.1 Å². The Kier molecular flexibility index (Phi) is 4.59. The maximum Gasteiger partial charge on any atom is 0.256 e. The van der Waals surface area contributed by atoms with E-state index in [4.69, 9.17) is 5.73 Å². The van der Waals surface area contributed by atoms with Gasteiger partial charge < -0.3 is 5.73 Å². The Morgan fingerprint density at radius 1 is 1.08 bits per heavy atom. The molecule has 0 radical (unpaired) electrons. The first-order valence-electron chi connectivity index (χ1n) is 8.80. The van der Waals surface area contributed by atoms with Crippen molar-refractivity contribution in [1.82, 2.24) is 5.43 Å². The summed E-state index contributed by atoms with van der Waals surface area (Å²) in [6.07, 6.45) is 0. The number of nitrogens with zero attached hydrogens (tertiary/aromatic N) is 1. The van der Waals surface area contributed by atoms with Crippen molar-refractivity contribution >= 4 is 17.5 Å². The molecule has 0 saturated heterocycles. The predicted octanol–water partition coefficient (Wildman–Crippen LogP) is 3.21. The maximum atomic E-state index is 13.1. The molecule has 2 aromatic rings. The summed E-state index contributed by atoms with van der Waals surface area (Å²) >= 11 is 0. The molecule has 0 saturated carbocycles. The molecule has 0 aromatic heterocycles. The van der Waals surface area contributed by atoms with Gasteiger partial charge in [0.15, 0.2) is 0 Å². The second-order valence-corrected chi connectivity index (χ2v) is 7.82. The van der Waals surface area contributed by atoms with Gasteiger partial charge in [-0.1, -0.05) is 63.2 Å². The Balaban J connectivity index is 2.07. The van der Waals surface area contributed by atoms with Gasteiger partial charge >= 0.3 is 0 Å². The predicted molar refractivity (Wildman–Crippen MR) is 103 cm³/mol. The van der Waals surface area contributed by atoms with Crippen LogP contribution in [-0.2, 0) is 9.59 Å². The van der Waals surface area contributed by atoms with Crippen LogP contribution in [0.2, 0.25) is 0 Å². The summed E-state index contributed by atoms with van der Waals surface area (Å²) in [5, 5.41) is 1.36. The maximum absolute atomic E-state index is 13.1. The number of fused-ring (bicyclic) bond motifs is 3. The van der Waals surface area contributed by atoms with Crippen LogP contribution in [-0.4, -0.2) is 17.9 Å². The molecule has 5 nitrogen and oxygen atoms in total. The Labute approximate surface area is 154 Å². The van der Waals surface area contributed by atoms with Crippen molar-refractivity contribution in [3.05, 3.63) is 54.1 Å². The Morgan fingerprint density at radius 2 is 1.65 bits per heavy atom. The number of anilines is 1. The van der Waals surface area contributed by atoms with Crippen molar-refractivity contribution in [2.75, 3.05) is 5.01 Å². The molecule has 1 aliphatic heterocycles. The number of nitrogens with one attached hydrogen (secondary N) is 1. The van der Waals surface area contributed by atoms with Gasteiger partial charge in [-0.3, -0.25) is 15.0 Å². The molecule has 3 N–H and O–H groups in total. The van der Waals surface area contributed by atoms with E-state index in [0.29, 0.717) is 5.69 Å². The van der Waals surface area contributed by atoms with Gasteiger partial charge in [0.25, 0.3) is 11.8 Å². The summed E-state index contributed by atoms with van der Waals surface area (Å²) in [5.41, 5.74) is 11.9. The molecule has 0 bridgehead atoms. The molecule has 2 aromatic carbocycles. The number of hydrazine groups is 1. The lowest BCUT2D eigenvalue weighted by atomic mass is 9.87. The van der Waals surface area contributed by atoms with Crippen LogP contribution in [0.3, 0.4) is 0 Å². The number of nitrogens with two attached hydrogens (primary N) is 1. The van der Waals surface area contributed by atoms with Gasteiger partial charge in [0.2, 0.25) is 0 Å². The van der Waals surface area contributed by atoms with Crippen LogP contribution >= 0.6 is 0 Å². The number of hydrogen-bond donors (Lipinski definition) is 2. The van der Waals surface area contributed by atoms with E-state index in [1.807, 2.05) is 76.2 Å². The van der Waals surface area contributed by atoms with E-state index < -0.39 is 11.5 Å². The molecule has 0 unspecified atom stereocenters. The number of hydrogen-bond acceptors (Lipinski definition) is 3. The fourth-order valence-corrected chi connectivity index (χ4v) is 3.15. The van der Waals surface area contributed by atoms with E-state index in [-0.39, 0.29) is 17.7 Å². The third-order valence-corrected chi connectivity index (χ3v) is 4.89. The fourth-order valence-electron chi connectivity index (χ4n) is 3.15. The SMILES string of the molecule is C[C@H]1C(=O)N(NC(=O)[C@@H](N)C(C)(C)C)c2ccccc2-c2ccccc21. The van der Waals surface area contributed by atoms with Gasteiger partial charge in [-0.25, -0.2) is 5.01 Å². The first-order chi connectivity index (χ1) is 12.2. The molecule has 0 fully saturated rings. The molecule has 26 heavy (non-hydrogen) atoms. The second kappa shape index (κ2) is 6.57. The first-order valence-corrected chi connectivity index (χ1v) is 8.80. The van der Waals surface area contributed by atoms with Gasteiger partial charge in [0, 0.05) is 5.56 Å². The molecule has 0 spiro atoms. The third kappa shape index (κ3) is 3.10. The summed E-state index contributed by atoms with van der Waals surface area (Å²) in [6, 6.07) is 14.7. The van der Waals surface area contributed by atoms with Crippen molar-refractivity contribution in [1.29, 1.82) is 0 Å². The minimum absolute atomic E-state index is 0.183. The van der Waals surface area contributed by atoms with Crippen molar-refractivity contribution in [3.63, 3.8) is 0 Å². The van der Waals surface area contributed by atoms with E-state index in [9.17, 15) is 9.59 Å². The number of carbonyl (C=O) groups excluding carboxylic acids is 2. The lowest BCUT2D eigenvalue weighted by Gasteiger charge is -2.30. The minimum Gasteiger partial charge on any atom is -0.319 e. The molecule has 1 heterocycles. The smallest absolute Gasteiger partial charge is 0.256 e. The van der Waals surface area contributed by atoms with E-state index in [2.05, 4.69) is 5.43 Å². The average molecular weight is 351 g/mol. The standard InChI is InChI=1S/C21H25N3O2/c1-13-14-9-5-6-10-15(14)16-11-7-8-12-17(16)24(20(13)26)23-19(25)18(22)21(2,3)4/h5-13,18H,22H2,1-4H3,(H,23,25)/t13-,18-/m1/s1. The molecule has 2 amide bonds. The lowest BCUT2D eigenvalue weighted by Crippen LogP contribution is -2.56. The van der Waals surface area contributed by atoms with Crippen molar-refractivity contribution in [2.24, 2.45) is 11.1 Å². The molecule has 136 valence electrons. The quantitative estimate of drug-likeness (QED) is 0.872. The van der Waals surface area contributed by atoms with E-state index >= 15 is 0 Å². The highest BCUT2D eigenvalue weighted by Crippen LogP contribution is 2.40. The zero-order valence-corrected chi connectivity index (χ0v) is 15.6. The number of benzene rings is 2. The Bertz CT molecular complexity index is 854. The number of carbonyl (C=O) groups is 2. The zero-order chi connectivity index (χ0) is 19.1. The van der Waals surface area contributed by atoms with Crippen LogP contribution in [0.15, 0.2) is 48.5 Å². The van der Waals surface area contributed by atoms with Gasteiger partial charge in [-0.05, 0) is 29.5 Å². The van der Waals surface area contributed by atoms with E-state index in [1.165, 1.54) is 5.01 Å². The monoisotopic (exact) mass is 351 g/mol. The zero-order valence-electron chi connectivity index (χ0n) is 15.6. The van der Waals surface area contributed by atoms with Gasteiger partial charge in [-0.2, -0.15) is 0 Å². The molecular weight excluding hydrogens is 326 g/mol. The topological polar surface area (TPSA) is 75.4 Å². The summed E-state index contributed by atoms with van der Waals surface area (Å²) in [5.74, 6) is -0.944. The second-order valence-electron chi connectivity index (χ2n) is 7.82. The molecule has 3 rings (SSSR count). The fraction of sp³-hybridized carbons (Fsp3) is 0.333. The van der Waals surface area contributed by atoms with Crippen molar-refractivity contribution in [3.8, 4) is 11.1 Å². The summed E-state index contributed by atoms with van der Waals surface area (Å²) in [4.78, 5) is 25.8. The Hall–Kier alpha value is -2.66. The number of para-hydroxylation sites is 1. The average Bonchev–Trinajstić information content (AvgIpc) is 2.70. The summed E-state index contributed by atoms with van der Waals surface area (Å²) in [7, 11) is 0. The highest BCUT2D eigenvalue weighted by molar-refractivity contribution is 6.06. The van der Waals surface area contributed by atoms with E-state index in [1.54, 1.807) is 0 Å². The summed E-state index contributed by atoms with van der Waals surface area (Å²) in [6.45, 7) is 7.55. The van der Waals surface area contributed by atoms with Crippen LogP contribution < -0.4 is 16.2 Å². The Morgan fingerprint density at radius 3 is 2.31 bits per heavy atom. The first kappa shape index (κ1) is 18.1. The highest BCUT2D eigenvalue weighted by atomic mass is 16.2. The van der Waals surface area contributed by atoms with Crippen molar-refractivity contribution in [2.45, 2.75) is 39.7 Å². The highest BCUT2D eigenvalue weighted by Gasteiger charge is 2.35. The van der Waals surface area contributed by atoms with E-state index in [0.717, 1.165) is 16.7 Å². The van der Waals surface area contributed by atoms with Gasteiger partial charge in [0.1, 0.15) is 0 Å². The molecule has 2 atom stereocenters. The van der Waals surface area contributed by atoms with Gasteiger partial charge in [0.05, 0.1) is 17.6 Å². The molecular formula is C21H25N3O2. The molecule has 5 heteroatoms. The van der Waals surface area contributed by atoms with Gasteiger partial charge in [-0.15, -0.1) is 0 Å². The molecule has 0 aliphatic carbocycles. The largest absolute Gasteiger partial charge is 0.319 e. The van der Waals surface area contributed by atoms with Crippen LogP contribution in [0.5, 0.6) is 0 Å². The van der Waals surface area contributed by atoms with Crippen LogP contribution in [0, 0.1) is 5.41 Å². The van der Waals surface area contributed by atoms with Crippen LogP contribution in [0.4, 0.5) is 5.69 Å². The number of amides is 2. The van der Waals surface area contributed by atoms with Crippen molar-refractivity contribution < 1.29 is 9.59 Å². The van der Waals surface area contributed by atoms with Crippen LogP contribution in [0.1, 0.15) is 39.2 Å². The molecule has 1 aliphatic rings.